The Morgan fingerprint density at radius 2 is 1.92 bits per heavy atom. The Morgan fingerprint density at radius 3 is 2.46 bits per heavy atom. The summed E-state index contributed by atoms with van der Waals surface area (Å²) >= 11 is 2.67. The molecular weight excluding hydrogens is 348 g/mol. The Hall–Kier alpha value is -2.00. The van der Waals surface area contributed by atoms with Crippen LogP contribution in [0.2, 0.25) is 0 Å². The number of nitrogens with one attached hydrogen (secondary N) is 2. The molecule has 2 N–H and O–H groups in total. The zero-order chi connectivity index (χ0) is 17.9. The number of esters is 1. The van der Waals surface area contributed by atoms with Crippen LogP contribution in [-0.4, -0.2) is 29.3 Å². The average Bonchev–Trinajstić information content (AvgIpc) is 3.12. The van der Waals surface area contributed by atoms with Gasteiger partial charge >= 0.3 is 12.0 Å². The maximum atomic E-state index is 12.2. The van der Waals surface area contributed by atoms with E-state index >= 15 is 0 Å². The number of ether oxygens (including phenoxy) is 1. The lowest BCUT2D eigenvalue weighted by Crippen LogP contribution is -2.20. The molecule has 2 amide bonds. The summed E-state index contributed by atoms with van der Waals surface area (Å²) in [5.41, 5.74) is 0.202. The average molecular weight is 368 g/mol. The van der Waals surface area contributed by atoms with Crippen molar-refractivity contribution < 1.29 is 14.3 Å². The fourth-order valence-corrected chi connectivity index (χ4v) is 3.57. The molecule has 0 bridgehead atoms. The fraction of sp³-hybridized carbons (Fsp3) is 0.467. The van der Waals surface area contributed by atoms with E-state index in [-0.39, 0.29) is 5.41 Å². The standard InChI is InChI=1S/C15H20N4O3S2/c1-6-10-18-19-14(24-10)17-13(21)16-11-8(12(20)22-5)7-9(23-11)15(2,3)4/h7H,6H2,1-5H3,(H2,16,17,19,21). The van der Waals surface area contributed by atoms with Crippen LogP contribution in [-0.2, 0) is 16.6 Å². The smallest absolute Gasteiger partial charge is 0.340 e. The Morgan fingerprint density at radius 1 is 1.21 bits per heavy atom. The Bertz CT molecular complexity index is 746. The number of aryl methyl sites for hydroxylation is 1. The van der Waals surface area contributed by atoms with Gasteiger partial charge in [0.2, 0.25) is 5.13 Å². The van der Waals surface area contributed by atoms with E-state index in [2.05, 4.69) is 20.8 Å². The van der Waals surface area contributed by atoms with Gasteiger partial charge in [-0.3, -0.25) is 10.6 Å². The van der Waals surface area contributed by atoms with Crippen molar-refractivity contribution >= 4 is 44.8 Å². The van der Waals surface area contributed by atoms with Crippen LogP contribution in [0.25, 0.3) is 0 Å². The van der Waals surface area contributed by atoms with Gasteiger partial charge < -0.3 is 4.74 Å². The van der Waals surface area contributed by atoms with Gasteiger partial charge in [-0.2, -0.15) is 0 Å². The van der Waals surface area contributed by atoms with Gasteiger partial charge in [-0.1, -0.05) is 39.0 Å². The summed E-state index contributed by atoms with van der Waals surface area (Å²) in [6.45, 7) is 8.08. The minimum Gasteiger partial charge on any atom is -0.465 e. The first kappa shape index (κ1) is 18.3. The van der Waals surface area contributed by atoms with Gasteiger partial charge in [0.25, 0.3) is 0 Å². The van der Waals surface area contributed by atoms with Crippen molar-refractivity contribution in [3.8, 4) is 0 Å². The van der Waals surface area contributed by atoms with Crippen LogP contribution in [0.3, 0.4) is 0 Å². The number of amides is 2. The Balaban J connectivity index is 2.19. The van der Waals surface area contributed by atoms with Crippen LogP contribution in [0, 0.1) is 0 Å². The van der Waals surface area contributed by atoms with E-state index in [1.807, 2.05) is 27.7 Å². The van der Waals surface area contributed by atoms with E-state index in [9.17, 15) is 9.59 Å². The van der Waals surface area contributed by atoms with Crippen molar-refractivity contribution in [3.05, 3.63) is 21.5 Å². The zero-order valence-corrected chi connectivity index (χ0v) is 15.9. The summed E-state index contributed by atoms with van der Waals surface area (Å²) in [7, 11) is 1.31. The van der Waals surface area contributed by atoms with Crippen molar-refractivity contribution in [2.24, 2.45) is 0 Å². The van der Waals surface area contributed by atoms with Gasteiger partial charge in [0.15, 0.2) is 0 Å². The van der Waals surface area contributed by atoms with Crippen molar-refractivity contribution in [2.75, 3.05) is 17.7 Å². The largest absolute Gasteiger partial charge is 0.465 e. The predicted octanol–water partition coefficient (Wildman–Crippen LogP) is 3.89. The van der Waals surface area contributed by atoms with E-state index in [1.165, 1.54) is 29.8 Å². The lowest BCUT2D eigenvalue weighted by Gasteiger charge is -2.15. The SMILES string of the molecule is CCc1nnc(NC(=O)Nc2sc(C(C)(C)C)cc2C(=O)OC)s1. The van der Waals surface area contributed by atoms with E-state index in [0.717, 1.165) is 16.3 Å². The molecule has 0 aromatic carbocycles. The first-order valence-corrected chi connectivity index (χ1v) is 9.01. The van der Waals surface area contributed by atoms with Crippen molar-refractivity contribution in [1.82, 2.24) is 10.2 Å². The van der Waals surface area contributed by atoms with E-state index in [0.29, 0.717) is 15.7 Å². The number of rotatable bonds is 4. The maximum Gasteiger partial charge on any atom is 0.340 e. The molecule has 2 heterocycles. The number of carbonyl (C=O) groups excluding carboxylic acids is 2. The fourth-order valence-electron chi connectivity index (χ4n) is 1.79. The third kappa shape index (κ3) is 4.30. The van der Waals surface area contributed by atoms with Crippen LogP contribution in [0.5, 0.6) is 0 Å². The van der Waals surface area contributed by atoms with Gasteiger partial charge in [-0.15, -0.1) is 21.5 Å². The monoisotopic (exact) mass is 368 g/mol. The molecule has 0 saturated heterocycles. The number of hydrogen-bond acceptors (Lipinski definition) is 7. The molecule has 0 fully saturated rings. The molecule has 9 heteroatoms. The van der Waals surface area contributed by atoms with Crippen LogP contribution in [0.4, 0.5) is 14.9 Å². The van der Waals surface area contributed by atoms with Gasteiger partial charge in [0.1, 0.15) is 10.0 Å². The minimum atomic E-state index is -0.485. The van der Waals surface area contributed by atoms with Crippen LogP contribution in [0.1, 0.15) is 47.9 Å². The molecule has 2 rings (SSSR count). The lowest BCUT2D eigenvalue weighted by molar-refractivity contribution is 0.0602. The molecule has 0 aliphatic heterocycles. The highest BCUT2D eigenvalue weighted by molar-refractivity contribution is 7.17. The molecule has 0 spiro atoms. The number of anilines is 2. The highest BCUT2D eigenvalue weighted by Crippen LogP contribution is 2.36. The molecule has 130 valence electrons. The first-order chi connectivity index (χ1) is 11.2. The van der Waals surface area contributed by atoms with Crippen molar-refractivity contribution in [1.29, 1.82) is 0 Å². The van der Waals surface area contributed by atoms with Crippen LogP contribution < -0.4 is 10.6 Å². The highest BCUT2D eigenvalue weighted by atomic mass is 32.1. The molecular formula is C15H20N4O3S2. The molecule has 2 aromatic heterocycles. The lowest BCUT2D eigenvalue weighted by atomic mass is 9.94. The molecule has 0 saturated carbocycles. The maximum absolute atomic E-state index is 12.2. The van der Waals surface area contributed by atoms with E-state index < -0.39 is 12.0 Å². The number of urea groups is 1. The quantitative estimate of drug-likeness (QED) is 0.799. The normalized spacial score (nSPS) is 11.2. The molecule has 7 nitrogen and oxygen atoms in total. The molecule has 0 aliphatic carbocycles. The van der Waals surface area contributed by atoms with E-state index in [4.69, 9.17) is 4.74 Å². The number of thiophene rings is 1. The predicted molar refractivity (Wildman–Crippen MR) is 96.3 cm³/mol. The third-order valence-electron chi connectivity index (χ3n) is 3.09. The van der Waals surface area contributed by atoms with Gasteiger partial charge in [-0.25, -0.2) is 9.59 Å². The molecule has 0 aliphatic rings. The molecule has 0 radical (unpaired) electrons. The number of nitrogens with zero attached hydrogens (tertiary/aromatic N) is 2. The summed E-state index contributed by atoms with van der Waals surface area (Å²) in [6.07, 6.45) is 0.757. The Kier molecular flexibility index (Phi) is 5.55. The van der Waals surface area contributed by atoms with Crippen LogP contribution >= 0.6 is 22.7 Å². The zero-order valence-electron chi connectivity index (χ0n) is 14.2. The van der Waals surface area contributed by atoms with Crippen LogP contribution in [0.15, 0.2) is 6.07 Å². The van der Waals surface area contributed by atoms with Crippen molar-refractivity contribution in [3.63, 3.8) is 0 Å². The summed E-state index contributed by atoms with van der Waals surface area (Å²) in [5, 5.41) is 14.9. The number of hydrogen-bond donors (Lipinski definition) is 2. The number of carbonyl (C=O) groups is 2. The summed E-state index contributed by atoms with van der Waals surface area (Å²) in [4.78, 5) is 25.1. The van der Waals surface area contributed by atoms with Crippen molar-refractivity contribution in [2.45, 2.75) is 39.5 Å². The molecule has 0 atom stereocenters. The highest BCUT2D eigenvalue weighted by Gasteiger charge is 2.24. The second-order valence-corrected chi connectivity index (χ2v) is 8.14. The molecule has 2 aromatic rings. The topological polar surface area (TPSA) is 93.2 Å². The third-order valence-corrected chi connectivity index (χ3v) is 5.55. The van der Waals surface area contributed by atoms with Gasteiger partial charge in [0.05, 0.1) is 12.7 Å². The second-order valence-electron chi connectivity index (χ2n) is 6.03. The van der Waals surface area contributed by atoms with Gasteiger partial charge in [0, 0.05) is 4.88 Å². The second kappa shape index (κ2) is 7.27. The van der Waals surface area contributed by atoms with Gasteiger partial charge in [-0.05, 0) is 17.9 Å². The summed E-state index contributed by atoms with van der Waals surface area (Å²) in [6, 6.07) is 1.29. The Labute approximate surface area is 148 Å². The first-order valence-electron chi connectivity index (χ1n) is 7.37. The number of methoxy groups -OCH3 is 1. The minimum absolute atomic E-state index is 0.140. The number of aromatic nitrogens is 2. The molecule has 0 unspecified atom stereocenters. The summed E-state index contributed by atoms with van der Waals surface area (Å²) in [5.74, 6) is -0.485. The summed E-state index contributed by atoms with van der Waals surface area (Å²) < 4.78 is 4.80. The van der Waals surface area contributed by atoms with E-state index in [1.54, 1.807) is 6.07 Å². The molecule has 24 heavy (non-hydrogen) atoms.